The fourth-order valence-corrected chi connectivity index (χ4v) is 2.43. The van der Waals surface area contributed by atoms with Crippen LogP contribution in [0.25, 0.3) is 0 Å². The van der Waals surface area contributed by atoms with Gasteiger partial charge in [-0.1, -0.05) is 26.0 Å². The minimum atomic E-state index is -0.492. The third-order valence-electron chi connectivity index (χ3n) is 4.31. The van der Waals surface area contributed by atoms with Gasteiger partial charge in [-0.3, -0.25) is 9.59 Å². The Balaban J connectivity index is 1.94. The number of anilines is 2. The Morgan fingerprint density at radius 1 is 0.960 bits per heavy atom. The Morgan fingerprint density at radius 3 is 2.04 bits per heavy atom. The Morgan fingerprint density at radius 2 is 1.52 bits per heavy atom. The highest BCUT2D eigenvalue weighted by Crippen LogP contribution is 2.21. The summed E-state index contributed by atoms with van der Waals surface area (Å²) in [6.45, 7) is 6.16. The highest BCUT2D eigenvalue weighted by Gasteiger charge is 2.13. The van der Waals surface area contributed by atoms with Gasteiger partial charge in [-0.15, -0.1) is 0 Å². The molecule has 0 heterocycles. The maximum Gasteiger partial charge on any atom is 0.248 e. The van der Waals surface area contributed by atoms with Crippen LogP contribution < -0.4 is 16.4 Å². The summed E-state index contributed by atoms with van der Waals surface area (Å²) in [5.74, 6) is -0.121. The van der Waals surface area contributed by atoms with Crippen LogP contribution in [0.3, 0.4) is 0 Å². The maximum absolute atomic E-state index is 12.3. The lowest BCUT2D eigenvalue weighted by Gasteiger charge is -2.16. The van der Waals surface area contributed by atoms with E-state index in [0.717, 1.165) is 12.1 Å². The molecule has 0 unspecified atom stereocenters. The Bertz CT molecular complexity index is 724. The number of hydrogen-bond donors (Lipinski definition) is 3. The number of carbonyl (C=O) groups is 2. The second-order valence-electron chi connectivity index (χ2n) is 6.23. The molecule has 2 aromatic rings. The molecule has 0 bridgehead atoms. The van der Waals surface area contributed by atoms with Crippen molar-refractivity contribution in [3.8, 4) is 0 Å². The second kappa shape index (κ2) is 8.33. The van der Waals surface area contributed by atoms with E-state index in [1.807, 2.05) is 12.1 Å². The topological polar surface area (TPSA) is 84.2 Å². The van der Waals surface area contributed by atoms with Gasteiger partial charge in [-0.25, -0.2) is 0 Å². The largest absolute Gasteiger partial charge is 0.374 e. The van der Waals surface area contributed by atoms with Crippen LogP contribution in [-0.2, 0) is 4.79 Å². The minimum Gasteiger partial charge on any atom is -0.374 e. The summed E-state index contributed by atoms with van der Waals surface area (Å²) in [5.41, 5.74) is 8.42. The molecule has 0 aliphatic heterocycles. The van der Waals surface area contributed by atoms with Gasteiger partial charge >= 0.3 is 0 Å². The second-order valence-corrected chi connectivity index (χ2v) is 6.23. The molecule has 5 nitrogen and oxygen atoms in total. The van der Waals surface area contributed by atoms with Crippen molar-refractivity contribution in [3.05, 3.63) is 59.7 Å². The molecular formula is C20H25N3O2. The number of nitrogens with one attached hydrogen (secondary N) is 2. The number of primary amides is 1. The first-order valence-electron chi connectivity index (χ1n) is 8.48. The molecule has 0 saturated carbocycles. The first kappa shape index (κ1) is 18.5. The Hall–Kier alpha value is -2.82. The van der Waals surface area contributed by atoms with Crippen molar-refractivity contribution in [1.29, 1.82) is 0 Å². The lowest BCUT2D eigenvalue weighted by atomic mass is 9.98. The van der Waals surface area contributed by atoms with Crippen molar-refractivity contribution in [3.63, 3.8) is 0 Å². The van der Waals surface area contributed by atoms with Crippen molar-refractivity contribution < 1.29 is 9.59 Å². The molecule has 5 heteroatoms. The number of benzene rings is 2. The van der Waals surface area contributed by atoms with Gasteiger partial charge in [0.2, 0.25) is 11.8 Å². The lowest BCUT2D eigenvalue weighted by molar-refractivity contribution is -0.116. The summed E-state index contributed by atoms with van der Waals surface area (Å²) in [5, 5.41) is 6.00. The molecule has 2 rings (SSSR count). The highest BCUT2D eigenvalue weighted by molar-refractivity contribution is 5.97. The van der Waals surface area contributed by atoms with Crippen molar-refractivity contribution in [2.75, 3.05) is 10.6 Å². The van der Waals surface area contributed by atoms with Gasteiger partial charge in [0.1, 0.15) is 6.04 Å². The van der Waals surface area contributed by atoms with Crippen LogP contribution in [0.1, 0.15) is 49.0 Å². The molecule has 0 aromatic heterocycles. The van der Waals surface area contributed by atoms with Crippen LogP contribution in [0.15, 0.2) is 48.5 Å². The van der Waals surface area contributed by atoms with Crippen LogP contribution in [0.5, 0.6) is 0 Å². The molecule has 2 amide bonds. The van der Waals surface area contributed by atoms with Crippen LogP contribution in [0, 0.1) is 0 Å². The van der Waals surface area contributed by atoms with Crippen LogP contribution >= 0.6 is 0 Å². The zero-order chi connectivity index (χ0) is 18.4. The summed E-state index contributed by atoms with van der Waals surface area (Å²) in [6.07, 6.45) is 1.10. The predicted octanol–water partition coefficient (Wildman–Crippen LogP) is 3.74. The van der Waals surface area contributed by atoms with Crippen molar-refractivity contribution in [2.24, 2.45) is 5.73 Å². The summed E-state index contributed by atoms with van der Waals surface area (Å²) < 4.78 is 0. The molecule has 0 aliphatic carbocycles. The van der Waals surface area contributed by atoms with Gasteiger partial charge in [0.15, 0.2) is 0 Å². The fourth-order valence-electron chi connectivity index (χ4n) is 2.43. The van der Waals surface area contributed by atoms with E-state index >= 15 is 0 Å². The molecule has 2 aromatic carbocycles. The average Bonchev–Trinajstić information content (AvgIpc) is 2.62. The summed E-state index contributed by atoms with van der Waals surface area (Å²) >= 11 is 0. The summed E-state index contributed by atoms with van der Waals surface area (Å²) in [7, 11) is 0. The Labute approximate surface area is 148 Å². The molecule has 0 radical (unpaired) electrons. The molecule has 4 N–H and O–H groups in total. The zero-order valence-electron chi connectivity index (χ0n) is 14.9. The molecule has 0 fully saturated rings. The molecule has 0 aliphatic rings. The fraction of sp³-hybridized carbons (Fsp3) is 0.300. The van der Waals surface area contributed by atoms with Gasteiger partial charge in [0.25, 0.3) is 0 Å². The standard InChI is InChI=1S/C20H25N3O2/c1-4-13(2)15-5-9-17(10-6-15)22-14(3)20(25)23-18-11-7-16(8-12-18)19(21)24/h5-14,22H,4H2,1-3H3,(H2,21,24)(H,23,25)/t13-,14+/m1/s1. The van der Waals surface area contributed by atoms with Crippen LogP contribution in [0.2, 0.25) is 0 Å². The first-order valence-corrected chi connectivity index (χ1v) is 8.48. The van der Waals surface area contributed by atoms with E-state index in [2.05, 4.69) is 36.6 Å². The number of nitrogens with two attached hydrogens (primary N) is 1. The number of amides is 2. The van der Waals surface area contributed by atoms with Crippen molar-refractivity contribution in [1.82, 2.24) is 0 Å². The molecular weight excluding hydrogens is 314 g/mol. The van der Waals surface area contributed by atoms with Crippen LogP contribution in [-0.4, -0.2) is 17.9 Å². The third-order valence-corrected chi connectivity index (χ3v) is 4.31. The first-order chi connectivity index (χ1) is 11.9. The van der Waals surface area contributed by atoms with Gasteiger partial charge < -0.3 is 16.4 Å². The third kappa shape index (κ3) is 5.08. The molecule has 2 atom stereocenters. The number of hydrogen-bond acceptors (Lipinski definition) is 3. The van der Waals surface area contributed by atoms with Crippen molar-refractivity contribution >= 4 is 23.2 Å². The Kier molecular flexibility index (Phi) is 6.17. The van der Waals surface area contributed by atoms with Gasteiger partial charge in [-0.05, 0) is 61.2 Å². The predicted molar refractivity (Wildman–Crippen MR) is 102 cm³/mol. The average molecular weight is 339 g/mol. The van der Waals surface area contributed by atoms with E-state index in [4.69, 9.17) is 5.73 Å². The van der Waals surface area contributed by atoms with Gasteiger partial charge in [-0.2, -0.15) is 0 Å². The molecule has 0 saturated heterocycles. The molecule has 25 heavy (non-hydrogen) atoms. The number of carbonyl (C=O) groups excluding carboxylic acids is 2. The van der Waals surface area contributed by atoms with E-state index in [1.165, 1.54) is 5.56 Å². The monoisotopic (exact) mass is 339 g/mol. The minimum absolute atomic E-state index is 0.155. The molecule has 132 valence electrons. The maximum atomic E-state index is 12.3. The van der Waals surface area contributed by atoms with E-state index in [1.54, 1.807) is 31.2 Å². The quantitative estimate of drug-likeness (QED) is 0.718. The zero-order valence-corrected chi connectivity index (χ0v) is 14.9. The summed E-state index contributed by atoms with van der Waals surface area (Å²) in [6, 6.07) is 14.3. The summed E-state index contributed by atoms with van der Waals surface area (Å²) in [4.78, 5) is 23.3. The van der Waals surface area contributed by atoms with Crippen molar-refractivity contribution in [2.45, 2.75) is 39.2 Å². The van der Waals surface area contributed by atoms with E-state index < -0.39 is 11.9 Å². The normalized spacial score (nSPS) is 12.9. The SMILES string of the molecule is CC[C@@H](C)c1ccc(N[C@@H](C)C(=O)Nc2ccc(C(N)=O)cc2)cc1. The van der Waals surface area contributed by atoms with E-state index in [0.29, 0.717) is 17.2 Å². The lowest BCUT2D eigenvalue weighted by Crippen LogP contribution is -2.31. The molecule has 0 spiro atoms. The van der Waals surface area contributed by atoms with Crippen LogP contribution in [0.4, 0.5) is 11.4 Å². The number of rotatable bonds is 7. The highest BCUT2D eigenvalue weighted by atomic mass is 16.2. The smallest absolute Gasteiger partial charge is 0.248 e. The van der Waals surface area contributed by atoms with E-state index in [9.17, 15) is 9.59 Å². The van der Waals surface area contributed by atoms with Gasteiger partial charge in [0, 0.05) is 16.9 Å². The van der Waals surface area contributed by atoms with Gasteiger partial charge in [0.05, 0.1) is 0 Å². The van der Waals surface area contributed by atoms with E-state index in [-0.39, 0.29) is 5.91 Å².